The second kappa shape index (κ2) is 5.98. The number of imidazole rings is 1. The number of rotatable bonds is 6. The van der Waals surface area contributed by atoms with Crippen LogP contribution in [-0.4, -0.2) is 41.5 Å². The van der Waals surface area contributed by atoms with E-state index in [4.69, 9.17) is 0 Å². The predicted molar refractivity (Wildman–Crippen MR) is 74.8 cm³/mol. The normalized spacial score (nSPS) is 11.6. The number of pyridine rings is 1. The first-order chi connectivity index (χ1) is 8.69. The van der Waals surface area contributed by atoms with Gasteiger partial charge in [0, 0.05) is 18.9 Å². The quantitative estimate of drug-likeness (QED) is 0.787. The van der Waals surface area contributed by atoms with Gasteiger partial charge in [0.05, 0.1) is 5.69 Å². The molecule has 4 nitrogen and oxygen atoms in total. The molecule has 0 atom stereocenters. The van der Waals surface area contributed by atoms with Crippen LogP contribution in [0.2, 0.25) is 0 Å². The zero-order chi connectivity index (χ0) is 13.0. The second-order valence-corrected chi connectivity index (χ2v) is 4.90. The fourth-order valence-electron chi connectivity index (χ4n) is 2.11. The van der Waals surface area contributed by atoms with E-state index in [0.29, 0.717) is 0 Å². The molecule has 0 aromatic carbocycles. The third kappa shape index (κ3) is 3.31. The van der Waals surface area contributed by atoms with Crippen LogP contribution in [0, 0.1) is 6.92 Å². The molecule has 0 bridgehead atoms. The minimum atomic E-state index is 0.907. The smallest absolute Gasteiger partial charge is 0.137 e. The monoisotopic (exact) mass is 246 g/mol. The molecular weight excluding hydrogens is 224 g/mol. The molecule has 2 aromatic rings. The summed E-state index contributed by atoms with van der Waals surface area (Å²) in [7, 11) is 4.13. The second-order valence-electron chi connectivity index (χ2n) is 4.90. The summed E-state index contributed by atoms with van der Waals surface area (Å²) < 4.78 is 2.10. The maximum absolute atomic E-state index is 4.63. The molecule has 2 rings (SSSR count). The Balaban J connectivity index is 1.98. The zero-order valence-corrected chi connectivity index (χ0v) is 11.5. The predicted octanol–water partition coefficient (Wildman–Crippen LogP) is 1.68. The first-order valence-corrected chi connectivity index (χ1v) is 6.46. The van der Waals surface area contributed by atoms with Crippen molar-refractivity contribution in [1.82, 2.24) is 19.6 Å². The van der Waals surface area contributed by atoms with E-state index in [1.165, 1.54) is 12.0 Å². The maximum Gasteiger partial charge on any atom is 0.137 e. The molecule has 0 aliphatic carbocycles. The number of hydrogen-bond acceptors (Lipinski definition) is 3. The van der Waals surface area contributed by atoms with Gasteiger partial charge in [-0.2, -0.15) is 0 Å². The molecule has 18 heavy (non-hydrogen) atoms. The summed E-state index contributed by atoms with van der Waals surface area (Å²) in [5.74, 6) is 0. The minimum absolute atomic E-state index is 0.907. The molecule has 0 saturated carbocycles. The Morgan fingerprint density at radius 3 is 2.94 bits per heavy atom. The van der Waals surface area contributed by atoms with E-state index in [1.807, 2.05) is 7.05 Å². The van der Waals surface area contributed by atoms with Crippen molar-refractivity contribution in [3.8, 4) is 0 Å². The van der Waals surface area contributed by atoms with Crippen LogP contribution in [0.5, 0.6) is 0 Å². The first-order valence-electron chi connectivity index (χ1n) is 6.46. The SMILES string of the molecule is CNCCCN(C)Cc1cn2cc(C)ccc2n1. The number of fused-ring (bicyclic) bond motifs is 1. The van der Waals surface area contributed by atoms with E-state index >= 15 is 0 Å². The van der Waals surface area contributed by atoms with Crippen molar-refractivity contribution in [3.63, 3.8) is 0 Å². The molecule has 0 aliphatic heterocycles. The van der Waals surface area contributed by atoms with Gasteiger partial charge in [-0.1, -0.05) is 6.07 Å². The summed E-state index contributed by atoms with van der Waals surface area (Å²) in [5, 5.41) is 3.17. The van der Waals surface area contributed by atoms with Gasteiger partial charge in [0.25, 0.3) is 0 Å². The lowest BCUT2D eigenvalue weighted by Crippen LogP contribution is -2.22. The standard InChI is InChI=1S/C14H22N4/c1-12-5-6-14-16-13(11-18(14)9-12)10-17(3)8-4-7-15-2/h5-6,9,11,15H,4,7-8,10H2,1-3H3. The summed E-state index contributed by atoms with van der Waals surface area (Å²) >= 11 is 0. The van der Waals surface area contributed by atoms with E-state index in [2.05, 4.69) is 58.1 Å². The van der Waals surface area contributed by atoms with Gasteiger partial charge in [-0.3, -0.25) is 0 Å². The summed E-state index contributed by atoms with van der Waals surface area (Å²) in [4.78, 5) is 6.94. The van der Waals surface area contributed by atoms with E-state index in [9.17, 15) is 0 Å². The molecular formula is C14H22N4. The maximum atomic E-state index is 4.63. The Labute approximate surface area is 109 Å². The van der Waals surface area contributed by atoms with Crippen LogP contribution in [0.4, 0.5) is 0 Å². The number of hydrogen-bond donors (Lipinski definition) is 1. The Hall–Kier alpha value is -1.39. The number of aryl methyl sites for hydroxylation is 1. The highest BCUT2D eigenvalue weighted by molar-refractivity contribution is 5.41. The summed E-state index contributed by atoms with van der Waals surface area (Å²) in [5.41, 5.74) is 3.42. The summed E-state index contributed by atoms with van der Waals surface area (Å²) in [6.07, 6.45) is 5.41. The largest absolute Gasteiger partial charge is 0.320 e. The molecule has 98 valence electrons. The van der Waals surface area contributed by atoms with Crippen molar-refractivity contribution in [2.24, 2.45) is 0 Å². The van der Waals surface area contributed by atoms with Crippen molar-refractivity contribution >= 4 is 5.65 Å². The van der Waals surface area contributed by atoms with Gasteiger partial charge in [-0.15, -0.1) is 0 Å². The number of nitrogens with zero attached hydrogens (tertiary/aromatic N) is 3. The lowest BCUT2D eigenvalue weighted by molar-refractivity contribution is 0.318. The Bertz CT molecular complexity index is 503. The van der Waals surface area contributed by atoms with E-state index in [-0.39, 0.29) is 0 Å². The number of nitrogens with one attached hydrogen (secondary N) is 1. The third-order valence-corrected chi connectivity index (χ3v) is 3.05. The van der Waals surface area contributed by atoms with Crippen molar-refractivity contribution < 1.29 is 0 Å². The molecule has 0 unspecified atom stereocenters. The molecule has 0 fully saturated rings. The van der Waals surface area contributed by atoms with Gasteiger partial charge in [0.2, 0.25) is 0 Å². The summed E-state index contributed by atoms with van der Waals surface area (Å²) in [6.45, 7) is 5.16. The molecule has 4 heteroatoms. The molecule has 0 radical (unpaired) electrons. The Morgan fingerprint density at radius 2 is 2.17 bits per heavy atom. The fraction of sp³-hybridized carbons (Fsp3) is 0.500. The molecule has 0 amide bonds. The lowest BCUT2D eigenvalue weighted by atomic mass is 10.3. The highest BCUT2D eigenvalue weighted by Crippen LogP contribution is 2.08. The van der Waals surface area contributed by atoms with Crippen molar-refractivity contribution in [1.29, 1.82) is 0 Å². The molecule has 0 spiro atoms. The van der Waals surface area contributed by atoms with Gasteiger partial charge in [0.1, 0.15) is 5.65 Å². The van der Waals surface area contributed by atoms with E-state index in [0.717, 1.165) is 31.0 Å². The number of aromatic nitrogens is 2. The first kappa shape index (κ1) is 13.1. The average Bonchev–Trinajstić information content (AvgIpc) is 2.70. The van der Waals surface area contributed by atoms with Gasteiger partial charge >= 0.3 is 0 Å². The van der Waals surface area contributed by atoms with Crippen molar-refractivity contribution in [2.45, 2.75) is 19.9 Å². The molecule has 0 saturated heterocycles. The van der Waals surface area contributed by atoms with Gasteiger partial charge in [-0.05, 0) is 52.2 Å². The summed E-state index contributed by atoms with van der Waals surface area (Å²) in [6, 6.07) is 4.17. The average molecular weight is 246 g/mol. The third-order valence-electron chi connectivity index (χ3n) is 3.05. The Kier molecular flexibility index (Phi) is 4.33. The van der Waals surface area contributed by atoms with E-state index < -0.39 is 0 Å². The molecule has 2 heterocycles. The van der Waals surface area contributed by atoms with Gasteiger partial charge in [0.15, 0.2) is 0 Å². The van der Waals surface area contributed by atoms with Crippen molar-refractivity contribution in [3.05, 3.63) is 35.8 Å². The van der Waals surface area contributed by atoms with Crippen LogP contribution in [0.25, 0.3) is 5.65 Å². The molecule has 0 aliphatic rings. The van der Waals surface area contributed by atoms with Gasteiger partial charge in [-0.25, -0.2) is 4.98 Å². The minimum Gasteiger partial charge on any atom is -0.320 e. The van der Waals surface area contributed by atoms with Crippen LogP contribution in [-0.2, 0) is 6.54 Å². The Morgan fingerprint density at radius 1 is 1.33 bits per heavy atom. The van der Waals surface area contributed by atoms with Crippen molar-refractivity contribution in [2.75, 3.05) is 27.2 Å². The van der Waals surface area contributed by atoms with Gasteiger partial charge < -0.3 is 14.6 Å². The fourth-order valence-corrected chi connectivity index (χ4v) is 2.11. The van der Waals surface area contributed by atoms with Crippen LogP contribution >= 0.6 is 0 Å². The zero-order valence-electron chi connectivity index (χ0n) is 11.5. The highest BCUT2D eigenvalue weighted by Gasteiger charge is 2.05. The van der Waals surface area contributed by atoms with Crippen LogP contribution in [0.3, 0.4) is 0 Å². The van der Waals surface area contributed by atoms with E-state index in [1.54, 1.807) is 0 Å². The highest BCUT2D eigenvalue weighted by atomic mass is 15.1. The molecule has 1 N–H and O–H groups in total. The van der Waals surface area contributed by atoms with Crippen LogP contribution < -0.4 is 5.32 Å². The van der Waals surface area contributed by atoms with Crippen LogP contribution in [0.1, 0.15) is 17.7 Å². The topological polar surface area (TPSA) is 32.6 Å². The lowest BCUT2D eigenvalue weighted by Gasteiger charge is -2.14. The van der Waals surface area contributed by atoms with Crippen LogP contribution in [0.15, 0.2) is 24.5 Å². The molecule has 2 aromatic heterocycles.